The second-order valence-electron chi connectivity index (χ2n) is 5.49. The number of anilines is 1. The fraction of sp³-hybridized carbons (Fsp3) is 0.167. The van der Waals surface area contributed by atoms with Gasteiger partial charge in [-0.1, -0.05) is 24.3 Å². The number of nitriles is 1. The van der Waals surface area contributed by atoms with Gasteiger partial charge in [-0.05, 0) is 41.5 Å². The number of nitrogens with zero attached hydrogens (tertiary/aromatic N) is 2. The molecular formula is C18H17FN2O2S. The van der Waals surface area contributed by atoms with Crippen LogP contribution >= 0.6 is 0 Å². The Morgan fingerprint density at radius 3 is 2.21 bits per heavy atom. The van der Waals surface area contributed by atoms with Crippen LogP contribution in [0.2, 0.25) is 0 Å². The van der Waals surface area contributed by atoms with Gasteiger partial charge in [0.2, 0.25) is 0 Å². The first kappa shape index (κ1) is 17.7. The quantitative estimate of drug-likeness (QED) is 0.780. The Kier molecular flexibility index (Phi) is 5.37. The van der Waals surface area contributed by atoms with Crippen LogP contribution < -0.4 is 4.90 Å². The van der Waals surface area contributed by atoms with Gasteiger partial charge in [0.15, 0.2) is 9.84 Å². The van der Waals surface area contributed by atoms with Gasteiger partial charge in [0, 0.05) is 19.8 Å². The Bertz CT molecular complexity index is 878. The molecule has 0 saturated heterocycles. The van der Waals surface area contributed by atoms with Gasteiger partial charge in [0.25, 0.3) is 0 Å². The van der Waals surface area contributed by atoms with Crippen molar-refractivity contribution in [2.75, 3.05) is 19.0 Å². The van der Waals surface area contributed by atoms with E-state index in [-0.39, 0.29) is 10.7 Å². The molecule has 2 aromatic carbocycles. The predicted octanol–water partition coefficient (Wildman–Crippen LogP) is 3.37. The lowest BCUT2D eigenvalue weighted by atomic mass is 10.2. The molecule has 2 rings (SSSR count). The molecule has 0 amide bonds. The minimum absolute atomic E-state index is 0.315. The van der Waals surface area contributed by atoms with E-state index in [2.05, 4.69) is 0 Å². The van der Waals surface area contributed by atoms with Gasteiger partial charge in [0.05, 0.1) is 5.75 Å². The third-order valence-corrected chi connectivity index (χ3v) is 5.02. The third kappa shape index (κ3) is 4.43. The molecule has 24 heavy (non-hydrogen) atoms. The lowest BCUT2D eigenvalue weighted by molar-refractivity contribution is 0.602. The minimum atomic E-state index is -3.80. The van der Waals surface area contributed by atoms with Crippen molar-refractivity contribution in [2.24, 2.45) is 0 Å². The molecule has 0 heterocycles. The highest BCUT2D eigenvalue weighted by molar-refractivity contribution is 7.95. The van der Waals surface area contributed by atoms with Crippen molar-refractivity contribution >= 4 is 21.6 Å². The number of sulfone groups is 1. The third-order valence-electron chi connectivity index (χ3n) is 3.42. The molecule has 124 valence electrons. The van der Waals surface area contributed by atoms with Crippen molar-refractivity contribution in [2.45, 2.75) is 5.75 Å². The molecule has 0 aliphatic heterocycles. The molecule has 0 unspecified atom stereocenters. The molecule has 0 bridgehead atoms. The highest BCUT2D eigenvalue weighted by Crippen LogP contribution is 2.19. The molecule has 0 N–H and O–H groups in total. The van der Waals surface area contributed by atoms with Crippen molar-refractivity contribution in [1.29, 1.82) is 5.26 Å². The topological polar surface area (TPSA) is 61.2 Å². The van der Waals surface area contributed by atoms with Crippen molar-refractivity contribution in [3.05, 3.63) is 70.4 Å². The zero-order valence-corrected chi connectivity index (χ0v) is 14.2. The van der Waals surface area contributed by atoms with Crippen LogP contribution in [-0.4, -0.2) is 22.5 Å². The first-order valence-corrected chi connectivity index (χ1v) is 8.83. The van der Waals surface area contributed by atoms with E-state index in [4.69, 9.17) is 0 Å². The average molecular weight is 344 g/mol. The van der Waals surface area contributed by atoms with E-state index in [1.165, 1.54) is 30.3 Å². The summed E-state index contributed by atoms with van der Waals surface area (Å²) in [7, 11) is 0.00714. The van der Waals surface area contributed by atoms with Crippen LogP contribution in [0.3, 0.4) is 0 Å². The van der Waals surface area contributed by atoms with Crippen LogP contribution in [0.1, 0.15) is 11.1 Å². The van der Waals surface area contributed by atoms with Gasteiger partial charge >= 0.3 is 0 Å². The van der Waals surface area contributed by atoms with Crippen LogP contribution in [0.15, 0.2) is 53.4 Å². The number of rotatable bonds is 5. The normalized spacial score (nSPS) is 11.8. The van der Waals surface area contributed by atoms with E-state index in [1.54, 1.807) is 18.2 Å². The maximum absolute atomic E-state index is 12.9. The summed E-state index contributed by atoms with van der Waals surface area (Å²) in [5.41, 5.74) is 2.03. The van der Waals surface area contributed by atoms with Crippen LogP contribution in [0.5, 0.6) is 0 Å². The first-order valence-electron chi connectivity index (χ1n) is 7.18. The van der Waals surface area contributed by atoms with Crippen LogP contribution in [0.4, 0.5) is 10.1 Å². The first-order chi connectivity index (χ1) is 11.3. The second-order valence-corrected chi connectivity index (χ2v) is 7.45. The maximum Gasteiger partial charge on any atom is 0.192 e. The largest absolute Gasteiger partial charge is 0.378 e. The number of hydrogen-bond acceptors (Lipinski definition) is 4. The summed E-state index contributed by atoms with van der Waals surface area (Å²) in [6, 6.07) is 14.1. The van der Waals surface area contributed by atoms with E-state index >= 15 is 0 Å². The number of benzene rings is 2. The molecule has 0 saturated carbocycles. The van der Waals surface area contributed by atoms with Crippen molar-refractivity contribution in [3.8, 4) is 6.07 Å². The zero-order valence-electron chi connectivity index (χ0n) is 13.4. The Morgan fingerprint density at radius 2 is 1.71 bits per heavy atom. The number of halogens is 1. The molecule has 0 aliphatic rings. The zero-order chi connectivity index (χ0) is 17.7. The second kappa shape index (κ2) is 7.28. The Balaban J connectivity index is 2.28. The molecule has 0 atom stereocenters. The van der Waals surface area contributed by atoms with E-state index in [9.17, 15) is 18.1 Å². The fourth-order valence-electron chi connectivity index (χ4n) is 2.09. The lowest BCUT2D eigenvalue weighted by Gasteiger charge is -2.12. The summed E-state index contributed by atoms with van der Waals surface area (Å²) in [5, 5.41) is 9.22. The minimum Gasteiger partial charge on any atom is -0.378 e. The predicted molar refractivity (Wildman–Crippen MR) is 93.4 cm³/mol. The molecule has 2 aromatic rings. The van der Waals surface area contributed by atoms with Crippen molar-refractivity contribution in [3.63, 3.8) is 0 Å². The molecule has 4 nitrogen and oxygen atoms in total. The average Bonchev–Trinajstić information content (AvgIpc) is 2.54. The summed E-state index contributed by atoms with van der Waals surface area (Å²) in [5.74, 6) is -0.782. The van der Waals surface area contributed by atoms with Crippen molar-refractivity contribution in [1.82, 2.24) is 0 Å². The van der Waals surface area contributed by atoms with E-state index < -0.39 is 15.7 Å². The van der Waals surface area contributed by atoms with E-state index in [0.717, 1.165) is 5.69 Å². The highest BCUT2D eigenvalue weighted by atomic mass is 32.2. The van der Waals surface area contributed by atoms with Gasteiger partial charge in [0.1, 0.15) is 16.8 Å². The summed E-state index contributed by atoms with van der Waals surface area (Å²) in [6.07, 6.45) is 1.35. The molecule has 6 heteroatoms. The summed E-state index contributed by atoms with van der Waals surface area (Å²) >= 11 is 0. The maximum atomic E-state index is 12.9. The summed E-state index contributed by atoms with van der Waals surface area (Å²) < 4.78 is 37.7. The highest BCUT2D eigenvalue weighted by Gasteiger charge is 2.18. The summed E-state index contributed by atoms with van der Waals surface area (Å²) in [6.45, 7) is 0. The molecule has 0 fully saturated rings. The summed E-state index contributed by atoms with van der Waals surface area (Å²) in [4.78, 5) is 1.61. The van der Waals surface area contributed by atoms with Gasteiger partial charge in [-0.3, -0.25) is 0 Å². The van der Waals surface area contributed by atoms with E-state index in [1.807, 2.05) is 31.1 Å². The van der Waals surface area contributed by atoms with Gasteiger partial charge in [-0.2, -0.15) is 5.26 Å². The molecule has 0 radical (unpaired) electrons. The monoisotopic (exact) mass is 344 g/mol. The molecule has 0 aromatic heterocycles. The van der Waals surface area contributed by atoms with Crippen molar-refractivity contribution < 1.29 is 12.8 Å². The Hall–Kier alpha value is -2.65. The molecular weight excluding hydrogens is 327 g/mol. The van der Waals surface area contributed by atoms with Crippen LogP contribution in [0.25, 0.3) is 6.08 Å². The standard InChI is InChI=1S/C18H17FN2O2S/c1-21(2)17-9-5-14(6-10-17)11-18(12-20)24(22,23)13-15-3-7-16(19)8-4-15/h3-11H,13H2,1-2H3/b18-11-. The van der Waals surface area contributed by atoms with Gasteiger partial charge in [-0.25, -0.2) is 12.8 Å². The number of hydrogen-bond donors (Lipinski definition) is 0. The van der Waals surface area contributed by atoms with E-state index in [0.29, 0.717) is 11.1 Å². The SMILES string of the molecule is CN(C)c1ccc(/C=C(/C#N)S(=O)(=O)Cc2ccc(F)cc2)cc1. The van der Waals surface area contributed by atoms with Crippen LogP contribution in [0, 0.1) is 17.1 Å². The lowest BCUT2D eigenvalue weighted by Crippen LogP contribution is -2.08. The van der Waals surface area contributed by atoms with Gasteiger partial charge < -0.3 is 4.90 Å². The smallest absolute Gasteiger partial charge is 0.192 e. The molecule has 0 spiro atoms. The van der Waals surface area contributed by atoms with Crippen LogP contribution in [-0.2, 0) is 15.6 Å². The Morgan fingerprint density at radius 1 is 1.12 bits per heavy atom. The fourth-order valence-corrected chi connectivity index (χ4v) is 3.33. The van der Waals surface area contributed by atoms with Gasteiger partial charge in [-0.15, -0.1) is 0 Å². The Labute approximate surface area is 141 Å². The molecule has 0 aliphatic carbocycles. The number of allylic oxidation sites excluding steroid dienone is 1.